The first-order valence-corrected chi connectivity index (χ1v) is 5.21. The lowest BCUT2D eigenvalue weighted by molar-refractivity contribution is -0.152. The van der Waals surface area contributed by atoms with Crippen molar-refractivity contribution in [3.8, 4) is 0 Å². The minimum absolute atomic E-state index is 0. The van der Waals surface area contributed by atoms with Crippen LogP contribution in [0.25, 0.3) is 0 Å². The summed E-state index contributed by atoms with van der Waals surface area (Å²) in [5, 5.41) is 0. The van der Waals surface area contributed by atoms with Crippen LogP contribution >= 0.6 is 12.4 Å². The number of halogens is 1. The van der Waals surface area contributed by atoms with E-state index in [9.17, 15) is 4.79 Å². The predicted octanol–water partition coefficient (Wildman–Crippen LogP) is 2.52. The van der Waals surface area contributed by atoms with Gasteiger partial charge in [0, 0.05) is 0 Å². The average molecular weight is 262 g/mol. The number of carbonyl (C=O) groups is 1. The number of methoxy groups -OCH3 is 1. The molecule has 0 spiro atoms. The molecule has 0 aliphatic heterocycles. The van der Waals surface area contributed by atoms with Crippen molar-refractivity contribution >= 4 is 18.4 Å². The van der Waals surface area contributed by atoms with Gasteiger partial charge in [0.05, 0.1) is 18.6 Å². The molecule has 1 aromatic heterocycles. The number of hydrogen-bond acceptors (Lipinski definition) is 4. The van der Waals surface area contributed by atoms with Gasteiger partial charge < -0.3 is 14.9 Å². The van der Waals surface area contributed by atoms with Crippen LogP contribution in [0.4, 0.5) is 0 Å². The molecule has 0 radical (unpaired) electrons. The van der Waals surface area contributed by atoms with Crippen molar-refractivity contribution in [2.45, 2.75) is 33.7 Å². The van der Waals surface area contributed by atoms with Crippen molar-refractivity contribution in [2.24, 2.45) is 11.1 Å². The highest BCUT2D eigenvalue weighted by Crippen LogP contribution is 2.34. The molecule has 17 heavy (non-hydrogen) atoms. The first kappa shape index (κ1) is 16.0. The summed E-state index contributed by atoms with van der Waals surface area (Å²) in [4.78, 5) is 11.6. The van der Waals surface area contributed by atoms with Gasteiger partial charge in [0.2, 0.25) is 0 Å². The summed E-state index contributed by atoms with van der Waals surface area (Å²) in [5.41, 5.74) is 6.27. The van der Waals surface area contributed by atoms with Gasteiger partial charge in [0.25, 0.3) is 0 Å². The zero-order chi connectivity index (χ0) is 12.5. The second-order valence-corrected chi connectivity index (χ2v) is 4.58. The van der Waals surface area contributed by atoms with Crippen molar-refractivity contribution in [2.75, 3.05) is 7.11 Å². The molecule has 4 nitrogen and oxygen atoms in total. The molecular weight excluding hydrogens is 242 g/mol. The number of ether oxygens (including phenoxy) is 1. The third kappa shape index (κ3) is 3.01. The van der Waals surface area contributed by atoms with Gasteiger partial charge in [-0.25, -0.2) is 0 Å². The van der Waals surface area contributed by atoms with Gasteiger partial charge in [0.15, 0.2) is 0 Å². The molecule has 0 aliphatic rings. The van der Waals surface area contributed by atoms with Crippen molar-refractivity contribution in [1.82, 2.24) is 0 Å². The third-order valence-corrected chi connectivity index (χ3v) is 2.98. The van der Waals surface area contributed by atoms with Crippen LogP contribution in [0.15, 0.2) is 10.5 Å². The predicted molar refractivity (Wildman–Crippen MR) is 68.2 cm³/mol. The molecule has 0 saturated heterocycles. The Kier molecular flexibility index (Phi) is 5.23. The highest BCUT2D eigenvalue weighted by molar-refractivity contribution is 5.85. The Labute approximate surface area is 108 Å². The molecule has 0 aliphatic carbocycles. The summed E-state index contributed by atoms with van der Waals surface area (Å²) in [6.07, 6.45) is 0. The Bertz CT molecular complexity index is 379. The van der Waals surface area contributed by atoms with Crippen LogP contribution in [0.5, 0.6) is 0 Å². The summed E-state index contributed by atoms with van der Waals surface area (Å²) in [5.74, 6) is 1.10. The molecule has 1 heterocycles. The zero-order valence-corrected chi connectivity index (χ0v) is 11.7. The van der Waals surface area contributed by atoms with E-state index in [1.54, 1.807) is 13.8 Å². The Balaban J connectivity index is 0.00000256. The molecule has 0 bridgehead atoms. The van der Waals surface area contributed by atoms with Gasteiger partial charge in [-0.1, -0.05) is 0 Å². The van der Waals surface area contributed by atoms with E-state index >= 15 is 0 Å². The van der Waals surface area contributed by atoms with Crippen molar-refractivity contribution in [3.63, 3.8) is 0 Å². The number of rotatable bonds is 3. The molecule has 0 aromatic carbocycles. The second kappa shape index (κ2) is 5.56. The van der Waals surface area contributed by atoms with E-state index in [2.05, 4.69) is 0 Å². The summed E-state index contributed by atoms with van der Waals surface area (Å²) in [7, 11) is 1.36. The van der Waals surface area contributed by atoms with Gasteiger partial charge in [-0.15, -0.1) is 12.4 Å². The van der Waals surface area contributed by atoms with Gasteiger partial charge in [0.1, 0.15) is 11.5 Å². The van der Waals surface area contributed by atoms with Crippen molar-refractivity contribution in [1.29, 1.82) is 0 Å². The summed E-state index contributed by atoms with van der Waals surface area (Å²) in [6, 6.07) is 1.36. The number of hydrogen-bond donors (Lipinski definition) is 1. The minimum Gasteiger partial charge on any atom is -0.469 e. The number of furan rings is 1. The molecule has 0 saturated carbocycles. The first-order chi connectivity index (χ1) is 7.30. The normalized spacial score (nSPS) is 12.8. The van der Waals surface area contributed by atoms with Gasteiger partial charge in [-0.3, -0.25) is 4.79 Å². The van der Waals surface area contributed by atoms with E-state index in [4.69, 9.17) is 14.9 Å². The Hall–Kier alpha value is -1.00. The number of carbonyl (C=O) groups excluding carboxylic acids is 1. The topological polar surface area (TPSA) is 65.5 Å². The number of esters is 1. The molecule has 0 amide bonds. The first-order valence-electron chi connectivity index (χ1n) is 5.21. The molecule has 5 heteroatoms. The van der Waals surface area contributed by atoms with Crippen LogP contribution in [0.2, 0.25) is 0 Å². The van der Waals surface area contributed by atoms with Crippen LogP contribution in [0.3, 0.4) is 0 Å². The number of aryl methyl sites for hydroxylation is 2. The van der Waals surface area contributed by atoms with Crippen LogP contribution in [-0.4, -0.2) is 13.1 Å². The molecule has 0 fully saturated rings. The maximum Gasteiger partial charge on any atom is 0.313 e. The second-order valence-electron chi connectivity index (χ2n) is 4.58. The van der Waals surface area contributed by atoms with Gasteiger partial charge in [-0.05, 0) is 39.3 Å². The fourth-order valence-electron chi connectivity index (χ4n) is 1.50. The van der Waals surface area contributed by atoms with E-state index in [-0.39, 0.29) is 18.4 Å². The Morgan fingerprint density at radius 1 is 1.47 bits per heavy atom. The molecule has 1 rings (SSSR count). The van der Waals surface area contributed by atoms with E-state index in [0.29, 0.717) is 5.76 Å². The zero-order valence-electron chi connectivity index (χ0n) is 10.9. The molecule has 0 unspecified atom stereocenters. The highest BCUT2D eigenvalue weighted by atomic mass is 35.5. The van der Waals surface area contributed by atoms with Crippen LogP contribution in [0, 0.1) is 19.3 Å². The largest absolute Gasteiger partial charge is 0.469 e. The van der Waals surface area contributed by atoms with Crippen molar-refractivity contribution in [3.05, 3.63) is 23.2 Å². The molecular formula is C12H20ClNO3. The lowest BCUT2D eigenvalue weighted by atomic mass is 9.83. The van der Waals surface area contributed by atoms with E-state index in [1.165, 1.54) is 7.11 Å². The third-order valence-electron chi connectivity index (χ3n) is 2.98. The fourth-order valence-corrected chi connectivity index (χ4v) is 1.50. The monoisotopic (exact) mass is 261 g/mol. The average Bonchev–Trinajstić information content (AvgIpc) is 2.56. The van der Waals surface area contributed by atoms with E-state index < -0.39 is 11.5 Å². The molecule has 2 N–H and O–H groups in total. The smallest absolute Gasteiger partial charge is 0.313 e. The van der Waals surface area contributed by atoms with Crippen molar-refractivity contribution < 1.29 is 13.9 Å². The van der Waals surface area contributed by atoms with Crippen LogP contribution in [0.1, 0.15) is 37.0 Å². The van der Waals surface area contributed by atoms with Crippen LogP contribution in [-0.2, 0) is 9.53 Å². The summed E-state index contributed by atoms with van der Waals surface area (Å²) >= 11 is 0. The lowest BCUT2D eigenvalue weighted by Gasteiger charge is -2.26. The number of nitrogens with two attached hydrogens (primary N) is 1. The fraction of sp³-hybridized carbons (Fsp3) is 0.583. The lowest BCUT2D eigenvalue weighted by Crippen LogP contribution is -2.37. The molecule has 98 valence electrons. The minimum atomic E-state index is -0.800. The Morgan fingerprint density at radius 2 is 2.00 bits per heavy atom. The molecule has 1 aromatic rings. The van der Waals surface area contributed by atoms with E-state index in [0.717, 1.165) is 11.3 Å². The van der Waals surface area contributed by atoms with Gasteiger partial charge >= 0.3 is 5.97 Å². The maximum absolute atomic E-state index is 11.6. The maximum atomic E-state index is 11.6. The summed E-state index contributed by atoms with van der Waals surface area (Å²) < 4.78 is 10.3. The highest BCUT2D eigenvalue weighted by Gasteiger charge is 2.38. The van der Waals surface area contributed by atoms with E-state index in [1.807, 2.05) is 19.9 Å². The summed E-state index contributed by atoms with van der Waals surface area (Å²) in [6.45, 7) is 7.31. The van der Waals surface area contributed by atoms with Gasteiger partial charge in [-0.2, -0.15) is 0 Å². The Morgan fingerprint density at radius 3 is 2.35 bits per heavy atom. The SMILES string of the molecule is COC(=O)C(C)(C)[C@H](N)c1cc(C)c(C)o1.Cl. The van der Waals surface area contributed by atoms with Crippen LogP contribution < -0.4 is 5.73 Å². The standard InChI is InChI=1S/C12H19NO3.ClH/c1-7-6-9(16-8(7)2)10(13)12(3,4)11(14)15-5;/h6,10H,13H2,1-5H3;1H/t10-;/m1./s1. The molecule has 1 atom stereocenters. The quantitative estimate of drug-likeness (QED) is 0.849.